The molecule has 0 aliphatic carbocycles. The van der Waals surface area contributed by atoms with E-state index in [0.29, 0.717) is 5.11 Å². The highest BCUT2D eigenvalue weighted by Crippen LogP contribution is 2.44. The van der Waals surface area contributed by atoms with Crippen LogP contribution >= 0.6 is 24.0 Å². The number of rotatable bonds is 7. The van der Waals surface area contributed by atoms with E-state index >= 15 is 0 Å². The van der Waals surface area contributed by atoms with Crippen LogP contribution in [0.5, 0.6) is 0 Å². The van der Waals surface area contributed by atoms with E-state index in [0.717, 1.165) is 43.8 Å². The first kappa shape index (κ1) is 27.6. The first-order chi connectivity index (χ1) is 20.3. The van der Waals surface area contributed by atoms with Crippen LogP contribution in [0.25, 0.3) is 5.69 Å². The Morgan fingerprint density at radius 3 is 2.29 bits per heavy atom. The molecule has 1 fully saturated rings. The van der Waals surface area contributed by atoms with Crippen molar-refractivity contribution in [1.29, 1.82) is 0 Å². The minimum atomic E-state index is -0.402. The quantitative estimate of drug-likeness (QED) is 0.117. The number of aryl methyl sites for hydroxylation is 1. The van der Waals surface area contributed by atoms with Gasteiger partial charge >= 0.3 is 0 Å². The van der Waals surface area contributed by atoms with Crippen molar-refractivity contribution in [3.63, 3.8) is 0 Å². The molecule has 2 atom stereocenters. The molecule has 1 aliphatic rings. The molecule has 10 heteroatoms. The predicted molar refractivity (Wildman–Crippen MR) is 167 cm³/mol. The molecule has 7 nitrogen and oxygen atoms in total. The minimum absolute atomic E-state index is 0.0648. The first-order valence-electron chi connectivity index (χ1n) is 13.3. The van der Waals surface area contributed by atoms with Gasteiger partial charge in [-0.1, -0.05) is 23.9 Å². The number of nitro benzene ring substituents is 1. The van der Waals surface area contributed by atoms with E-state index in [9.17, 15) is 14.5 Å². The van der Waals surface area contributed by atoms with Crippen LogP contribution in [0.15, 0.2) is 113 Å². The fourth-order valence-electron chi connectivity index (χ4n) is 5.50. The van der Waals surface area contributed by atoms with Gasteiger partial charge in [0.1, 0.15) is 5.82 Å². The molecule has 6 rings (SSSR count). The molecule has 210 valence electrons. The number of nitrogens with zero attached hydrogens (tertiary/aromatic N) is 4. The van der Waals surface area contributed by atoms with Gasteiger partial charge in [0, 0.05) is 50.9 Å². The van der Waals surface area contributed by atoms with Crippen molar-refractivity contribution in [1.82, 2.24) is 14.9 Å². The van der Waals surface area contributed by atoms with Crippen molar-refractivity contribution in [2.45, 2.75) is 35.7 Å². The lowest BCUT2D eigenvalue weighted by Crippen LogP contribution is -2.29. The number of aromatic nitrogens is 2. The summed E-state index contributed by atoms with van der Waals surface area (Å²) in [4.78, 5) is 19.3. The molecule has 3 aromatic carbocycles. The second kappa shape index (κ2) is 11.4. The maximum Gasteiger partial charge on any atom is 0.269 e. The molecule has 3 heterocycles. The highest BCUT2D eigenvalue weighted by molar-refractivity contribution is 7.99. The van der Waals surface area contributed by atoms with Crippen molar-refractivity contribution >= 4 is 40.5 Å². The number of halogens is 1. The van der Waals surface area contributed by atoms with Crippen LogP contribution in [0.3, 0.4) is 0 Å². The normalized spacial score (nSPS) is 16.5. The van der Waals surface area contributed by atoms with Gasteiger partial charge in [0.05, 0.1) is 22.7 Å². The van der Waals surface area contributed by atoms with Crippen molar-refractivity contribution in [3.05, 3.63) is 142 Å². The van der Waals surface area contributed by atoms with Gasteiger partial charge < -0.3 is 14.8 Å². The predicted octanol–water partition coefficient (Wildman–Crippen LogP) is 7.86. The highest BCUT2D eigenvalue weighted by Gasteiger charge is 2.42. The minimum Gasteiger partial charge on any atom is -0.351 e. The number of nitro groups is 1. The lowest BCUT2D eigenvalue weighted by molar-refractivity contribution is -0.384. The van der Waals surface area contributed by atoms with Crippen LogP contribution in [-0.4, -0.2) is 19.6 Å². The number of anilines is 1. The lowest BCUT2D eigenvalue weighted by atomic mass is 9.96. The third kappa shape index (κ3) is 5.26. The van der Waals surface area contributed by atoms with Crippen molar-refractivity contribution < 1.29 is 9.31 Å². The number of thiocarbonyl (C=S) groups is 1. The fourth-order valence-corrected chi connectivity index (χ4v) is 6.66. The second-order valence-corrected chi connectivity index (χ2v) is 11.5. The molecule has 0 spiro atoms. The molecule has 0 saturated carbocycles. The number of hydrogen-bond acceptors (Lipinski definition) is 5. The van der Waals surface area contributed by atoms with E-state index in [-0.39, 0.29) is 23.6 Å². The van der Waals surface area contributed by atoms with Gasteiger partial charge in [0.15, 0.2) is 5.11 Å². The smallest absolute Gasteiger partial charge is 0.269 e. The van der Waals surface area contributed by atoms with E-state index in [1.165, 1.54) is 36.0 Å². The van der Waals surface area contributed by atoms with E-state index < -0.39 is 4.92 Å². The zero-order chi connectivity index (χ0) is 29.4. The topological polar surface area (TPSA) is 76.2 Å². The lowest BCUT2D eigenvalue weighted by Gasteiger charge is -2.28. The number of nitrogens with one attached hydrogen (secondary N) is 1. The van der Waals surface area contributed by atoms with Gasteiger partial charge in [-0.05, 0) is 104 Å². The summed E-state index contributed by atoms with van der Waals surface area (Å²) in [7, 11) is 0. The maximum absolute atomic E-state index is 14.2. The number of non-ortho nitro benzene ring substituents is 1. The van der Waals surface area contributed by atoms with E-state index in [2.05, 4.69) is 25.8 Å². The first-order valence-corrected chi connectivity index (χ1v) is 14.5. The Labute approximate surface area is 252 Å². The largest absolute Gasteiger partial charge is 0.351 e. The Morgan fingerprint density at radius 1 is 0.929 bits per heavy atom. The molecule has 0 bridgehead atoms. The van der Waals surface area contributed by atoms with Gasteiger partial charge in [-0.25, -0.2) is 4.39 Å². The Balaban J connectivity index is 1.37. The molecule has 2 aromatic heterocycles. The average Bonchev–Trinajstić information content (AvgIpc) is 3.48. The van der Waals surface area contributed by atoms with Gasteiger partial charge in [0.2, 0.25) is 0 Å². The zero-order valence-corrected chi connectivity index (χ0v) is 24.4. The number of hydrogen-bond donors (Lipinski definition) is 1. The Kier molecular flexibility index (Phi) is 7.49. The molecule has 42 heavy (non-hydrogen) atoms. The zero-order valence-electron chi connectivity index (χ0n) is 22.8. The summed E-state index contributed by atoms with van der Waals surface area (Å²) in [6, 6.07) is 28.8. The molecular formula is C32H26FN5O2S2. The molecule has 0 amide bonds. The van der Waals surface area contributed by atoms with Crippen LogP contribution in [0, 0.1) is 29.8 Å². The average molecular weight is 596 g/mol. The second-order valence-electron chi connectivity index (χ2n) is 9.99. The fraction of sp³-hybridized carbons (Fsp3) is 0.125. The summed E-state index contributed by atoms with van der Waals surface area (Å²) in [5.41, 5.74) is 5.65. The van der Waals surface area contributed by atoms with Gasteiger partial charge in [-0.15, -0.1) is 0 Å². The third-order valence-electron chi connectivity index (χ3n) is 7.35. The van der Waals surface area contributed by atoms with Gasteiger partial charge in [-0.3, -0.25) is 15.1 Å². The molecule has 0 radical (unpaired) electrons. The molecule has 5 aromatic rings. The summed E-state index contributed by atoms with van der Waals surface area (Å²) < 4.78 is 16.2. The van der Waals surface area contributed by atoms with Crippen molar-refractivity contribution in [3.8, 4) is 5.69 Å². The van der Waals surface area contributed by atoms with Crippen LogP contribution in [0.4, 0.5) is 15.8 Å². The Bertz CT molecular complexity index is 1780. The van der Waals surface area contributed by atoms with Gasteiger partial charge in [0.25, 0.3) is 5.69 Å². The van der Waals surface area contributed by atoms with E-state index in [1.54, 1.807) is 24.4 Å². The van der Waals surface area contributed by atoms with Crippen LogP contribution in [0.2, 0.25) is 0 Å². The summed E-state index contributed by atoms with van der Waals surface area (Å²) in [5.74, 6) is -0.287. The molecule has 0 unspecified atom stereocenters. The van der Waals surface area contributed by atoms with Gasteiger partial charge in [-0.2, -0.15) is 0 Å². The highest BCUT2D eigenvalue weighted by atomic mass is 32.2. The number of pyridine rings is 1. The van der Waals surface area contributed by atoms with Crippen molar-refractivity contribution in [2.24, 2.45) is 0 Å². The Hall–Kier alpha value is -4.54. The third-order valence-corrected chi connectivity index (χ3v) is 8.68. The van der Waals surface area contributed by atoms with Crippen LogP contribution in [-0.2, 0) is 0 Å². The monoisotopic (exact) mass is 595 g/mol. The van der Waals surface area contributed by atoms with E-state index in [4.69, 9.17) is 12.2 Å². The summed E-state index contributed by atoms with van der Waals surface area (Å²) in [6.07, 6.45) is 1.78. The van der Waals surface area contributed by atoms with Crippen LogP contribution < -0.4 is 10.2 Å². The summed E-state index contributed by atoms with van der Waals surface area (Å²) in [5, 5.41) is 15.1. The maximum atomic E-state index is 14.2. The summed E-state index contributed by atoms with van der Waals surface area (Å²) >= 11 is 7.44. The Morgan fingerprint density at radius 2 is 1.64 bits per heavy atom. The molecule has 1 aliphatic heterocycles. The molecular weight excluding hydrogens is 570 g/mol. The molecule has 1 saturated heterocycles. The SMILES string of the molecule is Cc1cc([C@@H]2[C@@H](c3ccccn3)NC(=S)N2c2ccc(Sc3ccc([N+](=O)[O-])cc3)cc2)c(C)n1-c1cccc(F)c1. The number of benzene rings is 3. The van der Waals surface area contributed by atoms with Crippen LogP contribution in [0.1, 0.15) is 34.7 Å². The standard InChI is InChI=1S/C32H26FN5O2S2/c1-20-18-28(21(2)36(20)25-7-5-6-22(33)19-25)31-30(29-8-3-4-17-34-29)35-32(41)37(31)23-9-13-26(14-10-23)42-27-15-11-24(12-16-27)38(39)40/h3-19,30-31H,1-2H3,(H,35,41)/t30-,31-/m1/s1. The molecule has 1 N–H and O–H groups in total. The van der Waals surface area contributed by atoms with E-state index in [1.807, 2.05) is 62.4 Å². The summed E-state index contributed by atoms with van der Waals surface area (Å²) in [6.45, 7) is 4.07. The van der Waals surface area contributed by atoms with Crippen molar-refractivity contribution in [2.75, 3.05) is 4.90 Å².